The lowest BCUT2D eigenvalue weighted by Crippen LogP contribution is -2.29. The third-order valence-corrected chi connectivity index (χ3v) is 5.45. The first-order valence-electron chi connectivity index (χ1n) is 6.83. The van der Waals surface area contributed by atoms with Crippen LogP contribution in [-0.2, 0) is 4.74 Å². The van der Waals surface area contributed by atoms with Crippen molar-refractivity contribution in [2.45, 2.75) is 65.4 Å². The standard InChI is InChI=1S/C15H24O/c1-10-6-5-8-15(4)9-7-11-12(15)13(10)16-14(11,2)3/h11-12H,5-9H2,1-4H3/t11-,12+,15+/m0/s1. The summed E-state index contributed by atoms with van der Waals surface area (Å²) in [6.07, 6.45) is 6.79. The molecule has 16 heavy (non-hydrogen) atoms. The van der Waals surface area contributed by atoms with Gasteiger partial charge in [-0.1, -0.05) is 6.92 Å². The Balaban J connectivity index is 2.11. The van der Waals surface area contributed by atoms with Crippen molar-refractivity contribution < 1.29 is 4.74 Å². The lowest BCUT2D eigenvalue weighted by molar-refractivity contribution is 0.0393. The van der Waals surface area contributed by atoms with Gasteiger partial charge >= 0.3 is 0 Å². The fraction of sp³-hybridized carbons (Fsp3) is 0.867. The first-order valence-corrected chi connectivity index (χ1v) is 6.83. The van der Waals surface area contributed by atoms with Crippen LogP contribution < -0.4 is 0 Å². The molecule has 2 fully saturated rings. The van der Waals surface area contributed by atoms with E-state index in [-0.39, 0.29) is 5.60 Å². The second-order valence-electron chi connectivity index (χ2n) is 6.98. The molecule has 1 heteroatoms. The lowest BCUT2D eigenvalue weighted by atomic mass is 9.72. The van der Waals surface area contributed by atoms with Crippen LogP contribution in [0.5, 0.6) is 0 Å². The molecular weight excluding hydrogens is 196 g/mol. The summed E-state index contributed by atoms with van der Waals surface area (Å²) in [6.45, 7) is 9.37. The van der Waals surface area contributed by atoms with Crippen LogP contribution in [0.25, 0.3) is 0 Å². The topological polar surface area (TPSA) is 9.23 Å². The lowest BCUT2D eigenvalue weighted by Gasteiger charge is -2.29. The molecule has 0 aromatic heterocycles. The maximum absolute atomic E-state index is 6.32. The highest BCUT2D eigenvalue weighted by molar-refractivity contribution is 5.24. The molecule has 3 atom stereocenters. The van der Waals surface area contributed by atoms with Gasteiger partial charge in [0.05, 0.1) is 5.76 Å². The summed E-state index contributed by atoms with van der Waals surface area (Å²) in [6, 6.07) is 0. The highest BCUT2D eigenvalue weighted by Gasteiger charge is 2.59. The molecule has 0 N–H and O–H groups in total. The second-order valence-corrected chi connectivity index (χ2v) is 6.98. The molecule has 1 saturated heterocycles. The van der Waals surface area contributed by atoms with Crippen molar-refractivity contribution in [3.8, 4) is 0 Å². The molecular formula is C15H24O. The van der Waals surface area contributed by atoms with Crippen LogP contribution in [0.2, 0.25) is 0 Å². The first kappa shape index (κ1) is 10.7. The Morgan fingerprint density at radius 3 is 2.69 bits per heavy atom. The van der Waals surface area contributed by atoms with E-state index in [1.54, 1.807) is 0 Å². The smallest absolute Gasteiger partial charge is 0.106 e. The van der Waals surface area contributed by atoms with Gasteiger partial charge < -0.3 is 4.74 Å². The normalized spacial score (nSPS) is 45.2. The van der Waals surface area contributed by atoms with E-state index in [0.29, 0.717) is 5.41 Å². The molecule has 0 unspecified atom stereocenters. The molecule has 1 saturated carbocycles. The molecule has 2 aliphatic carbocycles. The second kappa shape index (κ2) is 3.05. The average Bonchev–Trinajstić information content (AvgIpc) is 2.62. The zero-order valence-electron chi connectivity index (χ0n) is 11.1. The number of allylic oxidation sites excluding steroid dienone is 2. The van der Waals surface area contributed by atoms with Crippen molar-refractivity contribution in [2.24, 2.45) is 17.3 Å². The summed E-state index contributed by atoms with van der Waals surface area (Å²) in [7, 11) is 0. The van der Waals surface area contributed by atoms with Gasteiger partial charge in [-0.3, -0.25) is 0 Å². The quantitative estimate of drug-likeness (QED) is 0.592. The zero-order valence-corrected chi connectivity index (χ0v) is 11.1. The van der Waals surface area contributed by atoms with Crippen LogP contribution in [0.4, 0.5) is 0 Å². The molecule has 1 aliphatic heterocycles. The van der Waals surface area contributed by atoms with Crippen LogP contribution in [-0.4, -0.2) is 5.60 Å². The Hall–Kier alpha value is -0.460. The Bertz CT molecular complexity index is 352. The van der Waals surface area contributed by atoms with Crippen molar-refractivity contribution >= 4 is 0 Å². The molecule has 0 aromatic carbocycles. The molecule has 0 radical (unpaired) electrons. The molecule has 0 aromatic rings. The van der Waals surface area contributed by atoms with Crippen molar-refractivity contribution in [1.82, 2.24) is 0 Å². The SMILES string of the molecule is CC1=C2OC(C)(C)[C@H]3CC[C@@](C)(CCC1)[C@@H]23. The van der Waals surface area contributed by atoms with Crippen LogP contribution in [0.1, 0.15) is 59.8 Å². The van der Waals surface area contributed by atoms with Gasteiger partial charge in [0.2, 0.25) is 0 Å². The number of ether oxygens (including phenoxy) is 1. The average molecular weight is 220 g/mol. The van der Waals surface area contributed by atoms with Crippen molar-refractivity contribution in [3.63, 3.8) is 0 Å². The molecule has 0 amide bonds. The maximum Gasteiger partial charge on any atom is 0.106 e. The van der Waals surface area contributed by atoms with E-state index in [2.05, 4.69) is 27.7 Å². The fourth-order valence-electron chi connectivity index (χ4n) is 4.48. The minimum atomic E-state index is 0.0797. The third kappa shape index (κ3) is 1.23. The van der Waals surface area contributed by atoms with Gasteiger partial charge in [0.25, 0.3) is 0 Å². The van der Waals surface area contributed by atoms with E-state index in [0.717, 1.165) is 11.8 Å². The third-order valence-electron chi connectivity index (χ3n) is 5.45. The predicted molar refractivity (Wildman–Crippen MR) is 66.0 cm³/mol. The van der Waals surface area contributed by atoms with E-state index in [1.165, 1.54) is 43.4 Å². The molecule has 1 nitrogen and oxygen atoms in total. The summed E-state index contributed by atoms with van der Waals surface area (Å²) in [5.41, 5.74) is 2.15. The van der Waals surface area contributed by atoms with Gasteiger partial charge in [-0.15, -0.1) is 0 Å². The van der Waals surface area contributed by atoms with Gasteiger partial charge in [-0.2, -0.15) is 0 Å². The summed E-state index contributed by atoms with van der Waals surface area (Å²) in [5.74, 6) is 2.87. The minimum Gasteiger partial charge on any atom is -0.492 e. The maximum atomic E-state index is 6.32. The number of hydrogen-bond donors (Lipinski definition) is 0. The molecule has 1 heterocycles. The molecule has 90 valence electrons. The highest BCUT2D eigenvalue weighted by atomic mass is 16.5. The number of hydrogen-bond acceptors (Lipinski definition) is 1. The first-order chi connectivity index (χ1) is 7.44. The zero-order chi connectivity index (χ0) is 11.6. The van der Waals surface area contributed by atoms with E-state index in [1.807, 2.05) is 0 Å². The Morgan fingerprint density at radius 2 is 1.94 bits per heavy atom. The van der Waals surface area contributed by atoms with Crippen LogP contribution in [0.15, 0.2) is 11.3 Å². The van der Waals surface area contributed by atoms with Crippen LogP contribution >= 0.6 is 0 Å². The van der Waals surface area contributed by atoms with Gasteiger partial charge in [0.15, 0.2) is 0 Å². The van der Waals surface area contributed by atoms with E-state index in [9.17, 15) is 0 Å². The van der Waals surface area contributed by atoms with Gasteiger partial charge in [-0.25, -0.2) is 0 Å². The van der Waals surface area contributed by atoms with Crippen molar-refractivity contribution in [3.05, 3.63) is 11.3 Å². The van der Waals surface area contributed by atoms with Crippen molar-refractivity contribution in [2.75, 3.05) is 0 Å². The summed E-state index contributed by atoms with van der Waals surface area (Å²) < 4.78 is 6.32. The molecule has 0 spiro atoms. The summed E-state index contributed by atoms with van der Waals surface area (Å²) >= 11 is 0. The van der Waals surface area contributed by atoms with E-state index < -0.39 is 0 Å². The molecule has 3 aliphatic rings. The monoisotopic (exact) mass is 220 g/mol. The van der Waals surface area contributed by atoms with Crippen LogP contribution in [0.3, 0.4) is 0 Å². The summed E-state index contributed by atoms with van der Waals surface area (Å²) in [4.78, 5) is 0. The molecule has 0 bridgehead atoms. The van der Waals surface area contributed by atoms with Gasteiger partial charge in [0, 0.05) is 11.8 Å². The Labute approximate surface area is 99.3 Å². The van der Waals surface area contributed by atoms with E-state index in [4.69, 9.17) is 4.74 Å². The van der Waals surface area contributed by atoms with Crippen LogP contribution in [0, 0.1) is 17.3 Å². The van der Waals surface area contributed by atoms with Gasteiger partial charge in [0.1, 0.15) is 5.60 Å². The van der Waals surface area contributed by atoms with E-state index >= 15 is 0 Å². The van der Waals surface area contributed by atoms with Crippen molar-refractivity contribution in [1.29, 1.82) is 0 Å². The Kier molecular flexibility index (Phi) is 2.04. The number of rotatable bonds is 0. The highest BCUT2D eigenvalue weighted by Crippen LogP contribution is 2.63. The summed E-state index contributed by atoms with van der Waals surface area (Å²) in [5, 5.41) is 0. The van der Waals surface area contributed by atoms with Gasteiger partial charge in [-0.05, 0) is 63.9 Å². The largest absolute Gasteiger partial charge is 0.492 e. The fourth-order valence-corrected chi connectivity index (χ4v) is 4.48. The Morgan fingerprint density at radius 1 is 1.19 bits per heavy atom. The molecule has 3 rings (SSSR count). The minimum absolute atomic E-state index is 0.0797. The predicted octanol–water partition coefficient (Wildman–Crippen LogP) is 4.29.